The number of Topliss-reactive ketones (excluding diaryl/α,β-unsaturated/α-hetero) is 1. The van der Waals surface area contributed by atoms with Crippen molar-refractivity contribution < 1.29 is 14.4 Å². The van der Waals surface area contributed by atoms with E-state index in [0.717, 1.165) is 37.4 Å². The summed E-state index contributed by atoms with van der Waals surface area (Å²) in [7, 11) is 0. The maximum absolute atomic E-state index is 13.3. The van der Waals surface area contributed by atoms with Crippen molar-refractivity contribution in [2.45, 2.75) is 25.8 Å². The summed E-state index contributed by atoms with van der Waals surface area (Å²) in [6.07, 6.45) is 0.502. The zero-order valence-corrected chi connectivity index (χ0v) is 18.0. The number of amides is 3. The highest BCUT2D eigenvalue weighted by molar-refractivity contribution is 6.07. The zero-order valence-electron chi connectivity index (χ0n) is 18.0. The largest absolute Gasteiger partial charge is 0.369 e. The molecule has 1 N–H and O–H groups in total. The van der Waals surface area contributed by atoms with Gasteiger partial charge in [0.05, 0.1) is 6.67 Å². The van der Waals surface area contributed by atoms with E-state index in [-0.39, 0.29) is 24.4 Å². The van der Waals surface area contributed by atoms with Gasteiger partial charge in [0, 0.05) is 37.4 Å². The van der Waals surface area contributed by atoms with E-state index in [4.69, 9.17) is 0 Å². The quantitative estimate of drug-likeness (QED) is 0.575. The molecule has 0 unspecified atom stereocenters. The van der Waals surface area contributed by atoms with Crippen molar-refractivity contribution in [3.8, 4) is 0 Å². The van der Waals surface area contributed by atoms with Gasteiger partial charge >= 0.3 is 6.03 Å². The molecule has 0 radical (unpaired) electrons. The lowest BCUT2D eigenvalue weighted by atomic mass is 9.87. The van der Waals surface area contributed by atoms with Crippen LogP contribution in [0.15, 0.2) is 54.6 Å². The number of hydrogen-bond acceptors (Lipinski definition) is 5. The number of piperazine rings is 1. The predicted octanol–water partition coefficient (Wildman–Crippen LogP) is 2.83. The highest BCUT2D eigenvalue weighted by Gasteiger charge is 2.51. The zero-order chi connectivity index (χ0) is 22.0. The van der Waals surface area contributed by atoms with Gasteiger partial charge in [0.25, 0.3) is 5.91 Å². The molecular weight excluding hydrogens is 392 g/mol. The van der Waals surface area contributed by atoms with Gasteiger partial charge in [-0.25, -0.2) is 9.69 Å². The number of nitrogens with one attached hydrogen (secondary N) is 1. The van der Waals surface area contributed by atoms with Gasteiger partial charge in [0.15, 0.2) is 5.78 Å². The molecule has 2 aromatic rings. The van der Waals surface area contributed by atoms with E-state index in [9.17, 15) is 14.4 Å². The van der Waals surface area contributed by atoms with Crippen LogP contribution in [0.25, 0.3) is 0 Å². The summed E-state index contributed by atoms with van der Waals surface area (Å²) in [4.78, 5) is 43.2. The molecule has 31 heavy (non-hydrogen) atoms. The second kappa shape index (κ2) is 8.51. The second-order valence-corrected chi connectivity index (χ2v) is 8.14. The van der Waals surface area contributed by atoms with Crippen molar-refractivity contribution in [1.29, 1.82) is 0 Å². The summed E-state index contributed by atoms with van der Waals surface area (Å²) in [6.45, 7) is 6.85. The first-order valence-electron chi connectivity index (χ1n) is 10.7. The van der Waals surface area contributed by atoms with Gasteiger partial charge in [-0.1, -0.05) is 37.3 Å². The lowest BCUT2D eigenvalue weighted by molar-refractivity contribution is -0.133. The molecule has 1 atom stereocenters. The minimum atomic E-state index is -0.987. The molecule has 2 aliphatic heterocycles. The summed E-state index contributed by atoms with van der Waals surface area (Å²) in [5, 5.41) is 2.94. The van der Waals surface area contributed by atoms with Crippen molar-refractivity contribution in [2.75, 3.05) is 37.7 Å². The Labute approximate surface area is 182 Å². The minimum Gasteiger partial charge on any atom is -0.369 e. The number of urea groups is 1. The Morgan fingerprint density at radius 2 is 1.61 bits per heavy atom. The molecule has 2 saturated heterocycles. The SMILES string of the molecule is CC[C@@]1(c2ccccc2)NC(=O)N(CN2CCN(c3ccc(C(C)=O)cc3)CC2)C1=O. The van der Waals surface area contributed by atoms with Crippen LogP contribution in [0, 0.1) is 0 Å². The number of ketones is 1. The molecule has 2 fully saturated rings. The van der Waals surface area contributed by atoms with Crippen molar-refractivity contribution in [2.24, 2.45) is 0 Å². The molecule has 0 bridgehead atoms. The van der Waals surface area contributed by atoms with Crippen molar-refractivity contribution in [1.82, 2.24) is 15.1 Å². The first-order valence-corrected chi connectivity index (χ1v) is 10.7. The van der Waals surface area contributed by atoms with Gasteiger partial charge in [0.1, 0.15) is 5.54 Å². The van der Waals surface area contributed by atoms with Gasteiger partial charge in [0.2, 0.25) is 0 Å². The van der Waals surface area contributed by atoms with Gasteiger partial charge in [-0.3, -0.25) is 14.5 Å². The maximum Gasteiger partial charge on any atom is 0.326 e. The van der Waals surface area contributed by atoms with E-state index in [1.54, 1.807) is 6.92 Å². The first-order chi connectivity index (χ1) is 14.9. The number of hydrogen-bond donors (Lipinski definition) is 1. The van der Waals surface area contributed by atoms with Gasteiger partial charge in [-0.2, -0.15) is 0 Å². The Morgan fingerprint density at radius 3 is 2.19 bits per heavy atom. The van der Waals surface area contributed by atoms with Gasteiger partial charge < -0.3 is 10.2 Å². The Hall–Kier alpha value is -3.19. The van der Waals surface area contributed by atoms with Crippen molar-refractivity contribution >= 4 is 23.4 Å². The second-order valence-electron chi connectivity index (χ2n) is 8.14. The Kier molecular flexibility index (Phi) is 5.78. The molecule has 7 nitrogen and oxygen atoms in total. The molecule has 2 aromatic carbocycles. The monoisotopic (exact) mass is 420 g/mol. The van der Waals surface area contributed by atoms with Crippen LogP contribution in [0.1, 0.15) is 36.2 Å². The highest BCUT2D eigenvalue weighted by atomic mass is 16.2. The van der Waals surface area contributed by atoms with Crippen LogP contribution >= 0.6 is 0 Å². The fourth-order valence-electron chi connectivity index (χ4n) is 4.37. The van der Waals surface area contributed by atoms with E-state index < -0.39 is 5.54 Å². The molecular formula is C24H28N4O3. The van der Waals surface area contributed by atoms with E-state index in [0.29, 0.717) is 12.0 Å². The smallest absolute Gasteiger partial charge is 0.326 e. The first kappa shape index (κ1) is 21.1. The molecule has 7 heteroatoms. The Bertz CT molecular complexity index is 968. The van der Waals surface area contributed by atoms with Gasteiger partial charge in [-0.05, 0) is 43.2 Å². The molecule has 0 aliphatic carbocycles. The highest BCUT2D eigenvalue weighted by Crippen LogP contribution is 2.32. The molecule has 0 saturated carbocycles. The number of anilines is 1. The van der Waals surface area contributed by atoms with Crippen molar-refractivity contribution in [3.05, 3.63) is 65.7 Å². The van der Waals surface area contributed by atoms with Crippen LogP contribution in [-0.4, -0.2) is 60.4 Å². The fraction of sp³-hybridized carbons (Fsp3) is 0.375. The fourth-order valence-corrected chi connectivity index (χ4v) is 4.37. The number of imide groups is 1. The Balaban J connectivity index is 1.40. The minimum absolute atomic E-state index is 0.0589. The lowest BCUT2D eigenvalue weighted by Crippen LogP contribution is -2.51. The molecule has 0 aromatic heterocycles. The molecule has 0 spiro atoms. The van der Waals surface area contributed by atoms with Crippen LogP contribution < -0.4 is 10.2 Å². The third kappa shape index (κ3) is 3.93. The molecule has 4 rings (SSSR count). The van der Waals surface area contributed by atoms with E-state index in [2.05, 4.69) is 15.1 Å². The maximum atomic E-state index is 13.3. The van der Waals surface area contributed by atoms with Crippen molar-refractivity contribution in [3.63, 3.8) is 0 Å². The third-order valence-electron chi connectivity index (χ3n) is 6.33. The molecule has 2 aliphatic rings. The van der Waals surface area contributed by atoms with Crippen LogP contribution in [0.4, 0.5) is 10.5 Å². The number of nitrogens with zero attached hydrogens (tertiary/aromatic N) is 3. The van der Waals surface area contributed by atoms with Gasteiger partial charge in [-0.15, -0.1) is 0 Å². The van der Waals surface area contributed by atoms with Crippen LogP contribution in [0.2, 0.25) is 0 Å². The van der Waals surface area contributed by atoms with E-state index in [1.807, 2.05) is 61.5 Å². The number of carbonyl (C=O) groups excluding carboxylic acids is 3. The topological polar surface area (TPSA) is 73.0 Å². The summed E-state index contributed by atoms with van der Waals surface area (Å²) >= 11 is 0. The van der Waals surface area contributed by atoms with Crippen LogP contribution in [0.5, 0.6) is 0 Å². The van der Waals surface area contributed by atoms with Crippen LogP contribution in [0.3, 0.4) is 0 Å². The van der Waals surface area contributed by atoms with E-state index in [1.165, 1.54) is 4.90 Å². The number of carbonyl (C=O) groups is 3. The predicted molar refractivity (Wildman–Crippen MR) is 119 cm³/mol. The lowest BCUT2D eigenvalue weighted by Gasteiger charge is -2.37. The van der Waals surface area contributed by atoms with E-state index >= 15 is 0 Å². The van der Waals surface area contributed by atoms with Crippen LogP contribution in [-0.2, 0) is 10.3 Å². The standard InChI is InChI=1S/C24H28N4O3/c1-3-24(20-7-5-4-6-8-20)22(30)28(23(31)25-24)17-26-13-15-27(16-14-26)21-11-9-19(10-12-21)18(2)29/h4-12H,3,13-17H2,1-2H3,(H,25,31)/t24-/m0/s1. The average Bonchev–Trinajstić information content (AvgIpc) is 3.05. The Morgan fingerprint density at radius 1 is 0.968 bits per heavy atom. The molecule has 2 heterocycles. The number of rotatable bonds is 6. The normalized spacial score (nSPS) is 22.0. The molecule has 162 valence electrons. The summed E-state index contributed by atoms with van der Waals surface area (Å²) in [5.74, 6) is -0.128. The summed E-state index contributed by atoms with van der Waals surface area (Å²) in [6, 6.07) is 16.8. The summed E-state index contributed by atoms with van der Waals surface area (Å²) in [5.41, 5.74) is 1.61. The average molecular weight is 421 g/mol. The number of benzene rings is 2. The summed E-state index contributed by atoms with van der Waals surface area (Å²) < 4.78 is 0. The third-order valence-corrected chi connectivity index (χ3v) is 6.33. The molecule has 3 amide bonds.